The summed E-state index contributed by atoms with van der Waals surface area (Å²) in [6.07, 6.45) is 16.8. The van der Waals surface area contributed by atoms with Crippen LogP contribution in [0.5, 0.6) is 5.75 Å². The van der Waals surface area contributed by atoms with Crippen molar-refractivity contribution in [2.75, 3.05) is 7.11 Å². The van der Waals surface area contributed by atoms with Crippen molar-refractivity contribution < 1.29 is 4.74 Å². The van der Waals surface area contributed by atoms with Gasteiger partial charge in [0.25, 0.3) is 0 Å². The topological polar surface area (TPSA) is 14.2 Å². The monoisotopic (exact) mass is 593 g/mol. The van der Waals surface area contributed by atoms with Crippen molar-refractivity contribution in [1.29, 1.82) is 0 Å². The average molecular weight is 594 g/mol. The number of nitrogens with zero attached hydrogens (tertiary/aromatic N) is 1. The molecule has 1 atom stereocenters. The van der Waals surface area contributed by atoms with Crippen LogP contribution in [0.1, 0.15) is 22.3 Å². The molecule has 7 rings (SSSR count). The Kier molecular flexibility index (Phi) is 7.70. The number of benzene rings is 5. The summed E-state index contributed by atoms with van der Waals surface area (Å²) in [6, 6.07) is 42.9. The molecule has 0 amide bonds. The van der Waals surface area contributed by atoms with Crippen LogP contribution in [0, 0.1) is 0 Å². The molecule has 5 aromatic carbocycles. The Labute approximate surface area is 270 Å². The van der Waals surface area contributed by atoms with E-state index in [1.807, 2.05) is 24.3 Å². The molecule has 1 heterocycles. The maximum absolute atomic E-state index is 6.19. The molecule has 0 fully saturated rings. The molecule has 0 radical (unpaired) electrons. The van der Waals surface area contributed by atoms with Gasteiger partial charge in [-0.15, -0.1) is 0 Å². The van der Waals surface area contributed by atoms with Crippen molar-refractivity contribution in [3.63, 3.8) is 0 Å². The first-order valence-electron chi connectivity index (χ1n) is 15.5. The molecule has 0 N–H and O–H groups in total. The van der Waals surface area contributed by atoms with Gasteiger partial charge in [-0.2, -0.15) is 0 Å². The number of fused-ring (bicyclic) bond motifs is 4. The van der Waals surface area contributed by atoms with Crippen LogP contribution >= 0.6 is 0 Å². The van der Waals surface area contributed by atoms with E-state index in [9.17, 15) is 0 Å². The lowest BCUT2D eigenvalue weighted by atomic mass is 9.70. The fourth-order valence-electron chi connectivity index (χ4n) is 6.91. The molecule has 1 aliphatic carbocycles. The van der Waals surface area contributed by atoms with Crippen molar-refractivity contribution in [1.82, 2.24) is 4.57 Å². The van der Waals surface area contributed by atoms with Gasteiger partial charge in [-0.3, -0.25) is 0 Å². The van der Waals surface area contributed by atoms with Crippen LogP contribution in [0.2, 0.25) is 0 Å². The maximum Gasteiger partial charge on any atom is 0.123 e. The van der Waals surface area contributed by atoms with E-state index in [-0.39, 0.29) is 0 Å². The van der Waals surface area contributed by atoms with E-state index in [1.165, 1.54) is 32.9 Å². The van der Waals surface area contributed by atoms with Crippen LogP contribution in [0.3, 0.4) is 0 Å². The van der Waals surface area contributed by atoms with Gasteiger partial charge >= 0.3 is 0 Å². The molecular formula is C44H35NO. The quantitative estimate of drug-likeness (QED) is 0.152. The van der Waals surface area contributed by atoms with Gasteiger partial charge < -0.3 is 9.30 Å². The summed E-state index contributed by atoms with van der Waals surface area (Å²) in [7, 11) is 1.76. The van der Waals surface area contributed by atoms with E-state index in [0.717, 1.165) is 33.7 Å². The van der Waals surface area contributed by atoms with Crippen molar-refractivity contribution in [2.45, 2.75) is 5.41 Å². The highest BCUT2D eigenvalue weighted by molar-refractivity contribution is 6.09. The summed E-state index contributed by atoms with van der Waals surface area (Å²) in [4.78, 5) is 0. The number of para-hydroxylation sites is 2. The molecule has 0 aliphatic heterocycles. The standard InChI is InChI=1S/C44H35NO/c1-4-6-20-35-30-34-19-10-13-23-39(34)44(35,29-28-32(16-5-2)33-17-8-7-9-18-33)40-31-36(26-27-43(40)46-3)45-41-24-14-11-21-37(41)38-22-12-15-25-42(38)45/h4-31H,1-2H2,3H3/b20-6-,29-28+,32-16+. The number of rotatable bonds is 9. The van der Waals surface area contributed by atoms with Crippen LogP contribution in [-0.2, 0) is 5.41 Å². The second-order valence-electron chi connectivity index (χ2n) is 11.4. The summed E-state index contributed by atoms with van der Waals surface area (Å²) in [5, 5.41) is 2.46. The highest BCUT2D eigenvalue weighted by Crippen LogP contribution is 2.52. The molecule has 1 unspecified atom stereocenters. The summed E-state index contributed by atoms with van der Waals surface area (Å²) in [5.74, 6) is 0.817. The minimum absolute atomic E-state index is 0.661. The fourth-order valence-corrected chi connectivity index (χ4v) is 6.91. The van der Waals surface area contributed by atoms with Crippen LogP contribution in [0.25, 0.3) is 39.1 Å². The SMILES string of the molecule is C=C/C=C\C1=Cc2ccccc2C1(/C=C/C(=C\C=C)c1ccccc1)c1cc(-n2c3ccccc3c3ccccc32)ccc1OC. The van der Waals surface area contributed by atoms with Gasteiger partial charge in [0.2, 0.25) is 0 Å². The number of aromatic nitrogens is 1. The lowest BCUT2D eigenvalue weighted by Gasteiger charge is -2.33. The van der Waals surface area contributed by atoms with Gasteiger partial charge in [-0.05, 0) is 64.2 Å². The van der Waals surface area contributed by atoms with Crippen LogP contribution in [0.4, 0.5) is 0 Å². The Morgan fingerprint density at radius 3 is 2.09 bits per heavy atom. The normalized spacial score (nSPS) is 16.3. The predicted molar refractivity (Wildman–Crippen MR) is 196 cm³/mol. The number of methoxy groups -OCH3 is 1. The van der Waals surface area contributed by atoms with Crippen LogP contribution in [0.15, 0.2) is 183 Å². The zero-order chi connectivity index (χ0) is 31.5. The third-order valence-electron chi connectivity index (χ3n) is 8.93. The zero-order valence-electron chi connectivity index (χ0n) is 25.9. The molecule has 1 aliphatic rings. The number of allylic oxidation sites excluding steroid dienone is 9. The maximum atomic E-state index is 6.19. The van der Waals surface area contributed by atoms with E-state index in [2.05, 4.69) is 163 Å². The van der Waals surface area contributed by atoms with E-state index in [4.69, 9.17) is 4.74 Å². The van der Waals surface area contributed by atoms with Gasteiger partial charge in [0.1, 0.15) is 5.75 Å². The Bertz CT molecular complexity index is 2170. The van der Waals surface area contributed by atoms with Gasteiger partial charge in [0.05, 0.1) is 23.6 Å². The van der Waals surface area contributed by atoms with Gasteiger partial charge in [-0.1, -0.05) is 147 Å². The molecule has 0 bridgehead atoms. The van der Waals surface area contributed by atoms with Crippen molar-refractivity contribution in [2.24, 2.45) is 0 Å². The summed E-state index contributed by atoms with van der Waals surface area (Å²) < 4.78 is 8.55. The van der Waals surface area contributed by atoms with Gasteiger partial charge in [0.15, 0.2) is 0 Å². The first-order valence-corrected chi connectivity index (χ1v) is 15.5. The van der Waals surface area contributed by atoms with E-state index in [1.54, 1.807) is 7.11 Å². The Morgan fingerprint density at radius 2 is 1.39 bits per heavy atom. The Morgan fingerprint density at radius 1 is 0.717 bits per heavy atom. The summed E-state index contributed by atoms with van der Waals surface area (Å²) in [5.41, 5.74) is 9.50. The van der Waals surface area contributed by atoms with E-state index < -0.39 is 5.41 Å². The van der Waals surface area contributed by atoms with Crippen molar-refractivity contribution in [3.8, 4) is 11.4 Å². The van der Waals surface area contributed by atoms with Crippen molar-refractivity contribution in [3.05, 3.63) is 205 Å². The minimum Gasteiger partial charge on any atom is -0.496 e. The first kappa shape index (κ1) is 28.9. The molecule has 1 aromatic heterocycles. The van der Waals surface area contributed by atoms with Gasteiger partial charge in [0, 0.05) is 22.0 Å². The number of hydrogen-bond donors (Lipinski definition) is 0. The second kappa shape index (κ2) is 12.3. The number of hydrogen-bond acceptors (Lipinski definition) is 1. The smallest absolute Gasteiger partial charge is 0.123 e. The molecule has 222 valence electrons. The highest BCUT2D eigenvalue weighted by Gasteiger charge is 2.42. The van der Waals surface area contributed by atoms with E-state index in [0.29, 0.717) is 0 Å². The molecule has 0 saturated heterocycles. The molecule has 2 heteroatoms. The molecule has 6 aromatic rings. The lowest BCUT2D eigenvalue weighted by molar-refractivity contribution is 0.406. The minimum atomic E-state index is -0.661. The Balaban J connectivity index is 1.55. The fraction of sp³-hybridized carbons (Fsp3) is 0.0455. The molecule has 46 heavy (non-hydrogen) atoms. The van der Waals surface area contributed by atoms with Crippen LogP contribution in [-0.4, -0.2) is 11.7 Å². The third-order valence-corrected chi connectivity index (χ3v) is 8.93. The first-order chi connectivity index (χ1) is 22.7. The third kappa shape index (κ3) is 4.76. The highest BCUT2D eigenvalue weighted by atomic mass is 16.5. The average Bonchev–Trinajstić information content (AvgIpc) is 3.62. The van der Waals surface area contributed by atoms with Crippen molar-refractivity contribution >= 4 is 33.5 Å². The molecular weight excluding hydrogens is 558 g/mol. The lowest BCUT2D eigenvalue weighted by Crippen LogP contribution is -2.26. The van der Waals surface area contributed by atoms with Crippen LogP contribution < -0.4 is 4.74 Å². The summed E-state index contributed by atoms with van der Waals surface area (Å²) in [6.45, 7) is 8.01. The van der Waals surface area contributed by atoms with Gasteiger partial charge in [-0.25, -0.2) is 0 Å². The Hall–Kier alpha value is -5.86. The molecule has 2 nitrogen and oxygen atoms in total. The molecule has 0 saturated carbocycles. The molecule has 0 spiro atoms. The predicted octanol–water partition coefficient (Wildman–Crippen LogP) is 11.0. The zero-order valence-corrected chi connectivity index (χ0v) is 25.9. The summed E-state index contributed by atoms with van der Waals surface area (Å²) >= 11 is 0. The number of ether oxygens (including phenoxy) is 1. The van der Waals surface area contributed by atoms with E-state index >= 15 is 0 Å². The largest absolute Gasteiger partial charge is 0.496 e. The second-order valence-corrected chi connectivity index (χ2v) is 11.4.